The van der Waals surface area contributed by atoms with E-state index in [1.54, 1.807) is 0 Å². The molecule has 1 amide bonds. The van der Waals surface area contributed by atoms with Crippen LogP contribution >= 0.6 is 11.6 Å². The van der Waals surface area contributed by atoms with Crippen molar-refractivity contribution in [3.05, 3.63) is 51.4 Å². The molecule has 4 rings (SSSR count). The van der Waals surface area contributed by atoms with Gasteiger partial charge in [0, 0.05) is 31.1 Å². The van der Waals surface area contributed by atoms with Gasteiger partial charge in [0.15, 0.2) is 5.82 Å². The van der Waals surface area contributed by atoms with E-state index < -0.39 is 17.2 Å². The second-order valence-electron chi connectivity index (χ2n) is 7.58. The summed E-state index contributed by atoms with van der Waals surface area (Å²) in [6.07, 6.45) is 6.22. The maximum Gasteiger partial charge on any atom is 0.292 e. The summed E-state index contributed by atoms with van der Waals surface area (Å²) in [7, 11) is 0. The Bertz CT molecular complexity index is 991. The lowest BCUT2D eigenvalue weighted by molar-refractivity contribution is -0.134. The van der Waals surface area contributed by atoms with Crippen molar-refractivity contribution in [1.29, 1.82) is 0 Å². The van der Waals surface area contributed by atoms with Crippen LogP contribution in [0.5, 0.6) is 0 Å². The Balaban J connectivity index is 1.48. The first-order valence-electron chi connectivity index (χ1n) is 9.72. The second kappa shape index (κ2) is 8.10. The molecule has 0 spiro atoms. The average Bonchev–Trinajstić information content (AvgIpc) is 3.38. The van der Waals surface area contributed by atoms with Gasteiger partial charge in [-0.25, -0.2) is 8.78 Å². The minimum Gasteiger partial charge on any atom is -0.378 e. The first-order valence-corrected chi connectivity index (χ1v) is 10.1. The molecule has 1 aromatic heterocycles. The highest BCUT2D eigenvalue weighted by Crippen LogP contribution is 2.29. The van der Waals surface area contributed by atoms with Crippen molar-refractivity contribution < 1.29 is 13.6 Å². The summed E-state index contributed by atoms with van der Waals surface area (Å²) in [6.45, 7) is 1.21. The normalized spacial score (nSPS) is 19.7. The van der Waals surface area contributed by atoms with Crippen LogP contribution in [0.2, 0.25) is 5.02 Å². The van der Waals surface area contributed by atoms with E-state index in [1.807, 2.05) is 4.90 Å². The third kappa shape index (κ3) is 3.99. The Kier molecular flexibility index (Phi) is 5.54. The summed E-state index contributed by atoms with van der Waals surface area (Å²) in [5, 5.41) is 7.01. The third-order valence-corrected chi connectivity index (χ3v) is 5.99. The second-order valence-corrected chi connectivity index (χ2v) is 7.96. The van der Waals surface area contributed by atoms with Crippen molar-refractivity contribution in [2.75, 3.05) is 18.4 Å². The lowest BCUT2D eigenvalue weighted by Crippen LogP contribution is -2.35. The van der Waals surface area contributed by atoms with E-state index in [2.05, 4.69) is 10.4 Å². The number of carbonyl (C=O) groups excluding carboxylic acids is 1. The molecule has 1 atom stereocenters. The van der Waals surface area contributed by atoms with Gasteiger partial charge in [-0.3, -0.25) is 9.59 Å². The van der Waals surface area contributed by atoms with E-state index in [0.29, 0.717) is 24.8 Å². The first kappa shape index (κ1) is 19.8. The lowest BCUT2D eigenvalue weighted by atomic mass is 10.1. The number of anilines is 1. The van der Waals surface area contributed by atoms with Crippen molar-refractivity contribution >= 4 is 23.2 Å². The van der Waals surface area contributed by atoms with Crippen molar-refractivity contribution in [3.63, 3.8) is 0 Å². The third-order valence-electron chi connectivity index (χ3n) is 5.62. The minimum absolute atomic E-state index is 0.0440. The van der Waals surface area contributed by atoms with Crippen LogP contribution in [0.15, 0.2) is 29.2 Å². The molecule has 2 heterocycles. The molecule has 0 radical (unpaired) electrons. The highest BCUT2D eigenvalue weighted by molar-refractivity contribution is 6.33. The van der Waals surface area contributed by atoms with Gasteiger partial charge in [-0.1, -0.05) is 24.4 Å². The summed E-state index contributed by atoms with van der Waals surface area (Å²) in [6, 6.07) is 2.81. The van der Waals surface area contributed by atoms with Crippen LogP contribution in [0.3, 0.4) is 0 Å². The fourth-order valence-electron chi connectivity index (χ4n) is 4.09. The topological polar surface area (TPSA) is 67.2 Å². The molecule has 1 unspecified atom stereocenters. The van der Waals surface area contributed by atoms with Crippen LogP contribution in [-0.2, 0) is 4.79 Å². The van der Waals surface area contributed by atoms with E-state index in [9.17, 15) is 18.4 Å². The molecular formula is C20H21ClF2N4O2. The smallest absolute Gasteiger partial charge is 0.292 e. The summed E-state index contributed by atoms with van der Waals surface area (Å²) in [4.78, 5) is 27.0. The number of hydrogen-bond acceptors (Lipinski definition) is 4. The number of rotatable bonds is 4. The number of benzene rings is 1. The number of nitrogens with one attached hydrogen (secondary N) is 1. The quantitative estimate of drug-likeness (QED) is 0.820. The molecular weight excluding hydrogens is 402 g/mol. The fraction of sp³-hybridized carbons (Fsp3) is 0.450. The van der Waals surface area contributed by atoms with Crippen molar-refractivity contribution in [3.8, 4) is 5.69 Å². The molecule has 6 nitrogen and oxygen atoms in total. The van der Waals surface area contributed by atoms with Crippen LogP contribution < -0.4 is 10.9 Å². The molecule has 154 valence electrons. The van der Waals surface area contributed by atoms with Crippen LogP contribution in [0.25, 0.3) is 5.69 Å². The van der Waals surface area contributed by atoms with Gasteiger partial charge < -0.3 is 10.2 Å². The Morgan fingerprint density at radius 1 is 1.21 bits per heavy atom. The van der Waals surface area contributed by atoms with Gasteiger partial charge in [-0.2, -0.15) is 9.78 Å². The standard InChI is InChI=1S/C20H21ClF2N4O2/c21-18-16(10-24-27(20(18)29)17-6-5-13(22)9-15(17)23)25-14-7-8-26(11-14)19(28)12-3-1-2-4-12/h5-6,9-10,12,14,25H,1-4,7-8,11H2. The summed E-state index contributed by atoms with van der Waals surface area (Å²) in [5.74, 6) is -1.32. The first-order chi connectivity index (χ1) is 13.9. The average molecular weight is 423 g/mol. The zero-order valence-corrected chi connectivity index (χ0v) is 16.5. The molecule has 29 heavy (non-hydrogen) atoms. The van der Waals surface area contributed by atoms with Gasteiger partial charge in [-0.05, 0) is 31.4 Å². The van der Waals surface area contributed by atoms with Gasteiger partial charge in [-0.15, -0.1) is 0 Å². The van der Waals surface area contributed by atoms with E-state index in [-0.39, 0.29) is 28.6 Å². The molecule has 1 N–H and O–H groups in total. The van der Waals surface area contributed by atoms with Gasteiger partial charge >= 0.3 is 0 Å². The Morgan fingerprint density at radius 2 is 1.97 bits per heavy atom. The van der Waals surface area contributed by atoms with Gasteiger partial charge in [0.25, 0.3) is 5.56 Å². The highest BCUT2D eigenvalue weighted by atomic mass is 35.5. The number of amides is 1. The van der Waals surface area contributed by atoms with E-state index in [4.69, 9.17) is 11.6 Å². The molecule has 2 fully saturated rings. The molecule has 0 bridgehead atoms. The lowest BCUT2D eigenvalue weighted by Gasteiger charge is -2.21. The van der Waals surface area contributed by atoms with Crippen LogP contribution in [0, 0.1) is 17.6 Å². The molecule has 1 aromatic carbocycles. The number of aromatic nitrogens is 2. The van der Waals surface area contributed by atoms with Crippen LogP contribution in [-0.4, -0.2) is 39.7 Å². The number of nitrogens with zero attached hydrogens (tertiary/aromatic N) is 3. The fourth-order valence-corrected chi connectivity index (χ4v) is 4.27. The molecule has 1 aliphatic heterocycles. The van der Waals surface area contributed by atoms with E-state index >= 15 is 0 Å². The van der Waals surface area contributed by atoms with E-state index in [0.717, 1.165) is 48.9 Å². The van der Waals surface area contributed by atoms with Gasteiger partial charge in [0.1, 0.15) is 16.5 Å². The summed E-state index contributed by atoms with van der Waals surface area (Å²) >= 11 is 6.20. The van der Waals surface area contributed by atoms with Crippen molar-refractivity contribution in [2.45, 2.75) is 38.1 Å². The number of carbonyl (C=O) groups is 1. The monoisotopic (exact) mass is 422 g/mol. The predicted octanol–water partition coefficient (Wildman–Crippen LogP) is 3.37. The zero-order valence-electron chi connectivity index (χ0n) is 15.7. The predicted molar refractivity (Wildman–Crippen MR) is 105 cm³/mol. The van der Waals surface area contributed by atoms with Gasteiger partial charge in [0.2, 0.25) is 5.91 Å². The molecule has 9 heteroatoms. The SMILES string of the molecule is O=C(C1CCCC1)N1CCC(Nc2cnn(-c3ccc(F)cc3F)c(=O)c2Cl)C1. The maximum absolute atomic E-state index is 14.0. The molecule has 2 aliphatic rings. The Hall–Kier alpha value is -2.48. The summed E-state index contributed by atoms with van der Waals surface area (Å²) < 4.78 is 27.9. The molecule has 2 aromatic rings. The number of hydrogen-bond donors (Lipinski definition) is 1. The summed E-state index contributed by atoms with van der Waals surface area (Å²) in [5.41, 5.74) is -0.561. The largest absolute Gasteiger partial charge is 0.378 e. The van der Waals surface area contributed by atoms with Crippen LogP contribution in [0.4, 0.5) is 14.5 Å². The molecule has 1 aliphatic carbocycles. The van der Waals surface area contributed by atoms with E-state index in [1.165, 1.54) is 6.20 Å². The maximum atomic E-state index is 14.0. The molecule has 1 saturated heterocycles. The zero-order chi connectivity index (χ0) is 20.5. The van der Waals surface area contributed by atoms with Crippen LogP contribution in [0.1, 0.15) is 32.1 Å². The Labute approximate surface area is 171 Å². The minimum atomic E-state index is -0.909. The van der Waals surface area contributed by atoms with Crippen molar-refractivity contribution in [2.24, 2.45) is 5.92 Å². The van der Waals surface area contributed by atoms with Gasteiger partial charge in [0.05, 0.1) is 11.9 Å². The number of halogens is 3. The Morgan fingerprint density at radius 3 is 2.69 bits per heavy atom. The molecule has 1 saturated carbocycles. The highest BCUT2D eigenvalue weighted by Gasteiger charge is 2.32. The number of likely N-dealkylation sites (tertiary alicyclic amines) is 1. The van der Waals surface area contributed by atoms with Crippen molar-refractivity contribution in [1.82, 2.24) is 14.7 Å².